The maximum atomic E-state index is 13.3. The number of aromatic nitrogens is 1. The molecule has 26 heavy (non-hydrogen) atoms. The Morgan fingerprint density at radius 2 is 2.04 bits per heavy atom. The van der Waals surface area contributed by atoms with Gasteiger partial charge >= 0.3 is 5.97 Å². The summed E-state index contributed by atoms with van der Waals surface area (Å²) in [6.45, 7) is 3.23. The number of halogens is 2. The second-order valence-electron chi connectivity index (χ2n) is 5.12. The van der Waals surface area contributed by atoms with Gasteiger partial charge in [-0.3, -0.25) is 10.1 Å². The Morgan fingerprint density at radius 3 is 2.73 bits per heavy atom. The van der Waals surface area contributed by atoms with E-state index in [-0.39, 0.29) is 5.13 Å². The molecule has 1 amide bonds. The first-order valence-corrected chi connectivity index (χ1v) is 8.50. The van der Waals surface area contributed by atoms with Crippen LogP contribution in [-0.4, -0.2) is 23.0 Å². The van der Waals surface area contributed by atoms with Gasteiger partial charge in [-0.15, -0.1) is 11.3 Å². The standard InChI is InChI=1S/C18H16F2N2O3S/c1-3-4-5-6-16(23)25-11(2)17(24)22-18-21-15(10-26-18)12-7-8-13(19)14(20)9-12/h3-11H,1-2H3,(H,21,22,24)/b4-3+,6-5+/t11-/m0/s1. The molecule has 0 bridgehead atoms. The molecule has 2 rings (SSSR count). The first-order chi connectivity index (χ1) is 12.4. The van der Waals surface area contributed by atoms with Gasteiger partial charge in [0, 0.05) is 17.0 Å². The Morgan fingerprint density at radius 1 is 1.27 bits per heavy atom. The Balaban J connectivity index is 1.98. The Labute approximate surface area is 153 Å². The predicted molar refractivity (Wildman–Crippen MR) is 95.6 cm³/mol. The Bertz CT molecular complexity index is 862. The molecule has 0 aliphatic heterocycles. The zero-order chi connectivity index (χ0) is 19.1. The maximum Gasteiger partial charge on any atom is 0.331 e. The summed E-state index contributed by atoms with van der Waals surface area (Å²) in [5, 5.41) is 4.36. The van der Waals surface area contributed by atoms with Crippen LogP contribution in [0.1, 0.15) is 13.8 Å². The fraction of sp³-hybridized carbons (Fsp3) is 0.167. The molecule has 0 aliphatic carbocycles. The number of benzene rings is 1. The van der Waals surface area contributed by atoms with Crippen LogP contribution in [0.4, 0.5) is 13.9 Å². The normalized spacial score (nSPS) is 12.5. The van der Waals surface area contributed by atoms with Gasteiger partial charge in [-0.1, -0.05) is 18.2 Å². The van der Waals surface area contributed by atoms with E-state index < -0.39 is 29.6 Å². The number of thiazole rings is 1. The van der Waals surface area contributed by atoms with Crippen molar-refractivity contribution in [2.75, 3.05) is 5.32 Å². The van der Waals surface area contributed by atoms with E-state index in [1.54, 1.807) is 24.5 Å². The maximum absolute atomic E-state index is 13.3. The molecule has 2 aromatic rings. The molecular weight excluding hydrogens is 362 g/mol. The molecule has 0 saturated carbocycles. The van der Waals surface area contributed by atoms with Gasteiger partial charge in [0.15, 0.2) is 22.9 Å². The molecule has 0 aliphatic rings. The lowest BCUT2D eigenvalue weighted by molar-refractivity contribution is -0.148. The van der Waals surface area contributed by atoms with Gasteiger partial charge < -0.3 is 4.74 Å². The average molecular weight is 378 g/mol. The first-order valence-electron chi connectivity index (χ1n) is 7.62. The predicted octanol–water partition coefficient (Wildman–Crippen LogP) is 4.09. The van der Waals surface area contributed by atoms with Crippen LogP contribution in [0.25, 0.3) is 11.3 Å². The number of amides is 1. The lowest BCUT2D eigenvalue weighted by Gasteiger charge is -2.10. The van der Waals surface area contributed by atoms with Crippen molar-refractivity contribution in [3.05, 3.63) is 59.5 Å². The van der Waals surface area contributed by atoms with E-state index in [4.69, 9.17) is 4.74 Å². The summed E-state index contributed by atoms with van der Waals surface area (Å²) in [5.41, 5.74) is 0.775. The lowest BCUT2D eigenvalue weighted by atomic mass is 10.2. The summed E-state index contributed by atoms with van der Waals surface area (Å²) in [6.07, 6.45) is 5.08. The van der Waals surface area contributed by atoms with Crippen LogP contribution in [0.15, 0.2) is 47.9 Å². The molecule has 1 aromatic carbocycles. The van der Waals surface area contributed by atoms with E-state index in [2.05, 4.69) is 10.3 Å². The van der Waals surface area contributed by atoms with Crippen molar-refractivity contribution in [3.63, 3.8) is 0 Å². The van der Waals surface area contributed by atoms with Crippen molar-refractivity contribution in [1.29, 1.82) is 0 Å². The number of hydrogen-bond donors (Lipinski definition) is 1. The van der Waals surface area contributed by atoms with Gasteiger partial charge in [0.05, 0.1) is 5.69 Å². The zero-order valence-corrected chi connectivity index (χ0v) is 14.8. The highest BCUT2D eigenvalue weighted by Gasteiger charge is 2.18. The van der Waals surface area contributed by atoms with E-state index >= 15 is 0 Å². The van der Waals surface area contributed by atoms with Crippen molar-refractivity contribution in [2.24, 2.45) is 0 Å². The summed E-state index contributed by atoms with van der Waals surface area (Å²) < 4.78 is 31.2. The van der Waals surface area contributed by atoms with Crippen molar-refractivity contribution in [2.45, 2.75) is 20.0 Å². The summed E-state index contributed by atoms with van der Waals surface area (Å²) in [4.78, 5) is 27.7. The average Bonchev–Trinajstić information content (AvgIpc) is 3.06. The molecule has 136 valence electrons. The molecule has 0 saturated heterocycles. The second-order valence-corrected chi connectivity index (χ2v) is 5.98. The largest absolute Gasteiger partial charge is 0.449 e. The van der Waals surface area contributed by atoms with Crippen LogP contribution in [0.2, 0.25) is 0 Å². The molecule has 1 heterocycles. The van der Waals surface area contributed by atoms with Gasteiger partial charge in [0.1, 0.15) is 0 Å². The molecule has 1 aromatic heterocycles. The van der Waals surface area contributed by atoms with Crippen molar-refractivity contribution < 1.29 is 23.1 Å². The Kier molecular flexibility index (Phi) is 6.74. The number of nitrogens with one attached hydrogen (secondary N) is 1. The highest BCUT2D eigenvalue weighted by Crippen LogP contribution is 2.26. The van der Waals surface area contributed by atoms with E-state index in [1.165, 1.54) is 25.1 Å². The molecule has 0 radical (unpaired) electrons. The molecule has 0 unspecified atom stereocenters. The topological polar surface area (TPSA) is 68.3 Å². The number of nitrogens with zero attached hydrogens (tertiary/aromatic N) is 1. The van der Waals surface area contributed by atoms with Gasteiger partial charge in [0.2, 0.25) is 0 Å². The van der Waals surface area contributed by atoms with Crippen LogP contribution in [0, 0.1) is 11.6 Å². The monoisotopic (exact) mass is 378 g/mol. The van der Waals surface area contributed by atoms with Gasteiger partial charge in [0.25, 0.3) is 5.91 Å². The number of ether oxygens (including phenoxy) is 1. The molecule has 5 nitrogen and oxygen atoms in total. The van der Waals surface area contributed by atoms with Crippen LogP contribution in [0.3, 0.4) is 0 Å². The van der Waals surface area contributed by atoms with E-state index in [1.807, 2.05) is 0 Å². The highest BCUT2D eigenvalue weighted by molar-refractivity contribution is 7.14. The molecule has 8 heteroatoms. The minimum absolute atomic E-state index is 0.252. The minimum atomic E-state index is -1.02. The third-order valence-electron chi connectivity index (χ3n) is 3.15. The fourth-order valence-corrected chi connectivity index (χ4v) is 2.56. The second kappa shape index (κ2) is 9.00. The quantitative estimate of drug-likeness (QED) is 0.467. The number of allylic oxidation sites excluding steroid dienone is 3. The molecule has 0 spiro atoms. The summed E-state index contributed by atoms with van der Waals surface area (Å²) in [7, 11) is 0. The van der Waals surface area contributed by atoms with Crippen LogP contribution in [0.5, 0.6) is 0 Å². The third kappa shape index (κ3) is 5.32. The van der Waals surface area contributed by atoms with Crippen molar-refractivity contribution in [3.8, 4) is 11.3 Å². The molecule has 0 fully saturated rings. The molecule has 1 atom stereocenters. The SMILES string of the molecule is C/C=C/C=C/C(=O)O[C@@H](C)C(=O)Nc1nc(-c2ccc(F)c(F)c2)cs1. The number of esters is 1. The van der Waals surface area contributed by atoms with Crippen LogP contribution < -0.4 is 5.32 Å². The lowest BCUT2D eigenvalue weighted by Crippen LogP contribution is -2.29. The number of carbonyl (C=O) groups excluding carboxylic acids is 2. The smallest absolute Gasteiger partial charge is 0.331 e. The Hall–Kier alpha value is -2.87. The van der Waals surface area contributed by atoms with Gasteiger partial charge in [-0.25, -0.2) is 18.6 Å². The van der Waals surface area contributed by atoms with Crippen LogP contribution in [-0.2, 0) is 14.3 Å². The minimum Gasteiger partial charge on any atom is -0.449 e. The van der Waals surface area contributed by atoms with Crippen LogP contribution >= 0.6 is 11.3 Å². The first kappa shape index (κ1) is 19.5. The van der Waals surface area contributed by atoms with Crippen molar-refractivity contribution >= 4 is 28.3 Å². The third-order valence-corrected chi connectivity index (χ3v) is 3.91. The van der Waals surface area contributed by atoms with E-state index in [9.17, 15) is 18.4 Å². The number of carbonyl (C=O) groups is 2. The number of hydrogen-bond acceptors (Lipinski definition) is 5. The number of rotatable bonds is 6. The van der Waals surface area contributed by atoms with Crippen molar-refractivity contribution in [1.82, 2.24) is 4.98 Å². The van der Waals surface area contributed by atoms with E-state index in [0.717, 1.165) is 23.5 Å². The number of anilines is 1. The van der Waals surface area contributed by atoms with Gasteiger partial charge in [-0.2, -0.15) is 0 Å². The highest BCUT2D eigenvalue weighted by atomic mass is 32.1. The van der Waals surface area contributed by atoms with E-state index in [0.29, 0.717) is 11.3 Å². The van der Waals surface area contributed by atoms with Gasteiger partial charge in [-0.05, 0) is 32.0 Å². The summed E-state index contributed by atoms with van der Waals surface area (Å²) in [6, 6.07) is 3.42. The molecule has 1 N–H and O–H groups in total. The fourth-order valence-electron chi connectivity index (χ4n) is 1.84. The summed E-state index contributed by atoms with van der Waals surface area (Å²) >= 11 is 1.11. The summed E-state index contributed by atoms with van der Waals surface area (Å²) in [5.74, 6) is -3.12. The zero-order valence-electron chi connectivity index (χ0n) is 14.0. The molecular formula is C18H16F2N2O3S.